The Balaban J connectivity index is 1.35. The lowest BCUT2D eigenvalue weighted by atomic mass is 9.38. The molecular weight excluding hydrogens is 768 g/mol. The molecular formula is C44H66O15. The first-order chi connectivity index (χ1) is 27.9. The highest BCUT2D eigenvalue weighted by molar-refractivity contribution is 5.88. The van der Waals surface area contributed by atoms with Gasteiger partial charge in [0.25, 0.3) is 0 Å². The molecule has 4 saturated carbocycles. The van der Waals surface area contributed by atoms with Gasteiger partial charge in [-0.15, -0.1) is 0 Å². The van der Waals surface area contributed by atoms with Gasteiger partial charge in [-0.25, -0.2) is 4.79 Å². The Morgan fingerprint density at radius 3 is 2.02 bits per heavy atom. The van der Waals surface area contributed by atoms with E-state index in [9.17, 15) is 60.7 Å². The molecule has 2 heterocycles. The number of aliphatic carboxylic acids is 1. The fraction of sp³-hybridized carbons (Fsp3) is 0.818. The number of carboxylic acids is 2. The number of aliphatic hydroxyl groups excluding tert-OH is 8. The second kappa shape index (κ2) is 17.0. The normalized spacial score (nSPS) is 47.7. The highest BCUT2D eigenvalue weighted by Crippen LogP contribution is 2.73. The van der Waals surface area contributed by atoms with Crippen LogP contribution in [0.15, 0.2) is 18.2 Å². The zero-order chi connectivity index (χ0) is 42.9. The van der Waals surface area contributed by atoms with Crippen LogP contribution in [0, 0.1) is 58.2 Å². The van der Waals surface area contributed by atoms with E-state index in [-0.39, 0.29) is 64.7 Å². The molecule has 1 aromatic rings. The van der Waals surface area contributed by atoms with E-state index in [1.165, 1.54) is 6.07 Å². The van der Waals surface area contributed by atoms with Crippen LogP contribution in [0.1, 0.15) is 100 Å². The van der Waals surface area contributed by atoms with E-state index in [0.717, 1.165) is 31.2 Å². The second-order valence-corrected chi connectivity index (χ2v) is 19.5. The predicted octanol–water partition coefficient (Wildman–Crippen LogP) is 1.77. The lowest BCUT2D eigenvalue weighted by Crippen LogP contribution is -2.68. The molecule has 59 heavy (non-hydrogen) atoms. The molecule has 0 spiro atoms. The molecule has 4 unspecified atom stereocenters. The zero-order valence-corrected chi connectivity index (χ0v) is 34.5. The van der Waals surface area contributed by atoms with Crippen molar-refractivity contribution in [3.63, 3.8) is 0 Å². The van der Waals surface area contributed by atoms with Crippen LogP contribution < -0.4 is 4.74 Å². The Bertz CT molecular complexity index is 1670. The van der Waals surface area contributed by atoms with Crippen LogP contribution in [0.25, 0.3) is 0 Å². The van der Waals surface area contributed by atoms with Gasteiger partial charge in [-0.3, -0.25) is 4.79 Å². The monoisotopic (exact) mass is 834 g/mol. The van der Waals surface area contributed by atoms with Gasteiger partial charge in [-0.05, 0) is 139 Å². The van der Waals surface area contributed by atoms with Gasteiger partial charge in [0.2, 0.25) is 0 Å². The third-order valence-corrected chi connectivity index (χ3v) is 17.1. The highest BCUT2D eigenvalue weighted by atomic mass is 16.6. The molecule has 10 N–H and O–H groups in total. The molecule has 0 bridgehead atoms. The molecule has 6 aliphatic rings. The quantitative estimate of drug-likeness (QED) is 0.152. The average Bonchev–Trinajstić information content (AvgIpc) is 3.58. The van der Waals surface area contributed by atoms with E-state index in [2.05, 4.69) is 20.8 Å². The third kappa shape index (κ3) is 7.42. The summed E-state index contributed by atoms with van der Waals surface area (Å²) in [6, 6.07) is 4.88. The molecule has 4 aliphatic carbocycles. The Morgan fingerprint density at radius 1 is 0.797 bits per heavy atom. The minimum absolute atomic E-state index is 0.0236. The number of ether oxygens (including phenoxy) is 3. The number of carbonyl (C=O) groups is 2. The first-order valence-electron chi connectivity index (χ1n) is 21.7. The lowest BCUT2D eigenvalue weighted by Gasteiger charge is -2.68. The first-order valence-corrected chi connectivity index (χ1v) is 21.7. The predicted molar refractivity (Wildman–Crippen MR) is 209 cm³/mol. The number of aliphatic hydroxyl groups is 8. The molecule has 2 saturated heterocycles. The van der Waals surface area contributed by atoms with Gasteiger partial charge in [0.1, 0.15) is 54.6 Å². The van der Waals surface area contributed by atoms with Gasteiger partial charge in [-0.1, -0.05) is 20.8 Å². The van der Waals surface area contributed by atoms with E-state index in [1.807, 2.05) is 0 Å². The van der Waals surface area contributed by atoms with E-state index in [1.54, 1.807) is 19.2 Å². The van der Waals surface area contributed by atoms with Crippen molar-refractivity contribution in [1.29, 1.82) is 0 Å². The fourth-order valence-corrected chi connectivity index (χ4v) is 14.2. The number of carboxylic acid groups (broad SMARTS) is 2. The number of fused-ring (bicyclic) bond motifs is 5. The van der Waals surface area contributed by atoms with Crippen LogP contribution >= 0.6 is 0 Å². The van der Waals surface area contributed by atoms with Gasteiger partial charge in [0.15, 0.2) is 0 Å². The lowest BCUT2D eigenvalue weighted by molar-refractivity contribution is -0.287. The largest absolute Gasteiger partial charge is 0.496 e. The van der Waals surface area contributed by atoms with Crippen molar-refractivity contribution in [1.82, 2.24) is 0 Å². The molecule has 15 heteroatoms. The van der Waals surface area contributed by atoms with Gasteiger partial charge in [-0.2, -0.15) is 0 Å². The molecule has 332 valence electrons. The summed E-state index contributed by atoms with van der Waals surface area (Å²) >= 11 is 0. The van der Waals surface area contributed by atoms with Gasteiger partial charge in [0.05, 0.1) is 38.1 Å². The third-order valence-electron chi connectivity index (χ3n) is 17.1. The van der Waals surface area contributed by atoms with Crippen LogP contribution in [0.5, 0.6) is 5.75 Å². The Hall–Kier alpha value is -2.44. The number of hydrogen-bond acceptors (Lipinski definition) is 13. The van der Waals surface area contributed by atoms with Crippen LogP contribution in [-0.4, -0.2) is 144 Å². The average molecular weight is 835 g/mol. The van der Waals surface area contributed by atoms with Crippen molar-refractivity contribution in [2.24, 2.45) is 58.2 Å². The van der Waals surface area contributed by atoms with Gasteiger partial charge in [0, 0.05) is 6.42 Å². The summed E-state index contributed by atoms with van der Waals surface area (Å²) in [5.41, 5.74) is -0.0290. The molecule has 15 nitrogen and oxygen atoms in total. The number of aromatic carboxylic acids is 1. The summed E-state index contributed by atoms with van der Waals surface area (Å²) in [5, 5.41) is 108. The standard InChI is InChI=1S/C44H66O15/c1-19(5-10-32(47)48)25-7-8-26-33-24(40-38(53)36(51)34(49)30(17-45)58-40)15-22-13-20(23-14-21(42(55)56)6-9-29(23)57-4)11-12-43(22,2)27(33)16-28(44(25,26)3)41-39(54)37(52)35(50)31(18-46)59-41/h6,9,14,19-20,22,24-28,30-31,33-41,45-46,49-54H,5,7-8,10-13,15-18H2,1-4H3,(H,47,48)(H,55,56)/t19-,20-,22+,24+,25-,26?,27?,28+,30-,31-,33?,34-,35-,36+,37+,38-,39-,40?,41+,43+,44-/m1/s1. The summed E-state index contributed by atoms with van der Waals surface area (Å²) in [6.45, 7) is 5.36. The molecule has 21 atom stereocenters. The van der Waals surface area contributed by atoms with Gasteiger partial charge < -0.3 is 65.3 Å². The van der Waals surface area contributed by atoms with Crippen molar-refractivity contribution in [3.8, 4) is 5.75 Å². The van der Waals surface area contributed by atoms with Crippen molar-refractivity contribution in [2.45, 2.75) is 146 Å². The number of benzene rings is 1. The van der Waals surface area contributed by atoms with Crippen LogP contribution in [0.4, 0.5) is 0 Å². The summed E-state index contributed by atoms with van der Waals surface area (Å²) < 4.78 is 18.6. The molecule has 0 radical (unpaired) electrons. The first kappa shape index (κ1) is 44.6. The minimum atomic E-state index is -1.58. The molecule has 2 aliphatic heterocycles. The van der Waals surface area contributed by atoms with Crippen molar-refractivity contribution in [2.75, 3.05) is 20.3 Å². The molecule has 6 fully saturated rings. The highest BCUT2D eigenvalue weighted by Gasteiger charge is 2.69. The molecule has 7 rings (SSSR count). The molecule has 0 aromatic heterocycles. The number of rotatable bonds is 11. The fourth-order valence-electron chi connectivity index (χ4n) is 14.2. The van der Waals surface area contributed by atoms with E-state index >= 15 is 0 Å². The summed E-state index contributed by atoms with van der Waals surface area (Å²) in [4.78, 5) is 23.9. The van der Waals surface area contributed by atoms with Gasteiger partial charge >= 0.3 is 11.9 Å². The summed E-state index contributed by atoms with van der Waals surface area (Å²) in [6.07, 6.45) is -8.37. The van der Waals surface area contributed by atoms with Crippen molar-refractivity contribution in [3.05, 3.63) is 29.3 Å². The number of methoxy groups -OCH3 is 1. The van der Waals surface area contributed by atoms with E-state index < -0.39 is 97.5 Å². The SMILES string of the molecule is COc1ccc(C(=O)O)cc1[C@@H]1CC[C@]2(C)C3C[C@@H]([C@@H]4O[C@H](CO)[C@@H](O)[C@H](O)[C@H]4O)[C@@]4(C)C(CC[C@@H]4[C@H](C)CCC(=O)O)C3[C@@H](C3O[C@H](CO)[C@@H](O)[C@H](O)[C@H]3O)C[C@@H]2C1. The maximum Gasteiger partial charge on any atom is 0.335 e. The van der Waals surface area contributed by atoms with Crippen LogP contribution in [-0.2, 0) is 14.3 Å². The molecule has 0 amide bonds. The zero-order valence-electron chi connectivity index (χ0n) is 34.5. The Morgan fingerprint density at radius 2 is 1.42 bits per heavy atom. The number of hydrogen-bond donors (Lipinski definition) is 10. The van der Waals surface area contributed by atoms with Crippen LogP contribution in [0.3, 0.4) is 0 Å². The molecule has 1 aromatic carbocycles. The second-order valence-electron chi connectivity index (χ2n) is 19.5. The maximum atomic E-state index is 12.1. The Labute approximate surface area is 345 Å². The summed E-state index contributed by atoms with van der Waals surface area (Å²) in [7, 11) is 1.56. The Kier molecular flexibility index (Phi) is 12.9. The van der Waals surface area contributed by atoms with Crippen molar-refractivity contribution < 1.29 is 74.9 Å². The van der Waals surface area contributed by atoms with Crippen LogP contribution in [0.2, 0.25) is 0 Å². The smallest absolute Gasteiger partial charge is 0.335 e. The minimum Gasteiger partial charge on any atom is -0.496 e. The maximum absolute atomic E-state index is 12.1. The topological polar surface area (TPSA) is 264 Å². The van der Waals surface area contributed by atoms with E-state index in [4.69, 9.17) is 14.2 Å². The van der Waals surface area contributed by atoms with Crippen molar-refractivity contribution >= 4 is 11.9 Å². The summed E-state index contributed by atoms with van der Waals surface area (Å²) in [5.74, 6) is -2.71. The van der Waals surface area contributed by atoms with E-state index in [0.29, 0.717) is 31.4 Å².